The lowest BCUT2D eigenvalue weighted by atomic mass is 10.1. The lowest BCUT2D eigenvalue weighted by Crippen LogP contribution is -2.04. The first kappa shape index (κ1) is 15.1. The van der Waals surface area contributed by atoms with E-state index in [9.17, 15) is 0 Å². The number of hydrogen-bond donors (Lipinski definition) is 0. The molecule has 7 nitrogen and oxygen atoms in total. The van der Waals surface area contributed by atoms with Gasteiger partial charge in [0.05, 0.1) is 20.5 Å². The molecule has 23 heavy (non-hydrogen) atoms. The van der Waals surface area contributed by atoms with Gasteiger partial charge in [0.15, 0.2) is 17.3 Å². The lowest BCUT2D eigenvalue weighted by molar-refractivity contribution is 0.342. The molecule has 0 aliphatic rings. The molecule has 3 rings (SSSR count). The summed E-state index contributed by atoms with van der Waals surface area (Å²) < 4.78 is 17.8. The van der Waals surface area contributed by atoms with Gasteiger partial charge in [-0.2, -0.15) is 4.98 Å². The molecule has 1 atom stereocenters. The molecule has 0 amide bonds. The molecule has 0 bridgehead atoms. The summed E-state index contributed by atoms with van der Waals surface area (Å²) >= 11 is 0. The van der Waals surface area contributed by atoms with E-state index in [-0.39, 0.29) is 6.04 Å². The third kappa shape index (κ3) is 3.18. The first-order valence-corrected chi connectivity index (χ1v) is 7.22. The number of rotatable bonds is 6. The molecular formula is C16H18N4O3. The zero-order valence-electron chi connectivity index (χ0n) is 13.3. The smallest absolute Gasteiger partial charge is 0.249 e. The van der Waals surface area contributed by atoms with Gasteiger partial charge in [0.2, 0.25) is 5.89 Å². The fraction of sp³-hybridized carbons (Fsp3) is 0.312. The Morgan fingerprint density at radius 3 is 2.74 bits per heavy atom. The molecule has 2 heterocycles. The van der Waals surface area contributed by atoms with Gasteiger partial charge < -0.3 is 18.6 Å². The molecule has 3 aromatic rings. The maximum absolute atomic E-state index is 5.36. The summed E-state index contributed by atoms with van der Waals surface area (Å²) in [6.45, 7) is 1.98. The highest BCUT2D eigenvalue weighted by atomic mass is 16.5. The predicted molar refractivity (Wildman–Crippen MR) is 82.7 cm³/mol. The number of benzene rings is 1. The third-order valence-electron chi connectivity index (χ3n) is 3.62. The molecule has 1 unspecified atom stereocenters. The molecule has 0 spiro atoms. The maximum atomic E-state index is 5.36. The average Bonchev–Trinajstić information content (AvgIpc) is 3.26. The zero-order chi connectivity index (χ0) is 16.2. The van der Waals surface area contributed by atoms with Crippen LogP contribution in [0.1, 0.15) is 30.2 Å². The Bertz CT molecular complexity index is 767. The van der Waals surface area contributed by atoms with Crippen molar-refractivity contribution >= 4 is 0 Å². The lowest BCUT2D eigenvalue weighted by Gasteiger charge is -2.08. The van der Waals surface area contributed by atoms with E-state index in [2.05, 4.69) is 15.1 Å². The van der Waals surface area contributed by atoms with Crippen molar-refractivity contribution in [3.8, 4) is 11.5 Å². The van der Waals surface area contributed by atoms with Crippen molar-refractivity contribution in [3.63, 3.8) is 0 Å². The molecule has 120 valence electrons. The third-order valence-corrected chi connectivity index (χ3v) is 3.62. The molecule has 0 radical (unpaired) electrons. The number of nitrogens with zero attached hydrogens (tertiary/aromatic N) is 4. The summed E-state index contributed by atoms with van der Waals surface area (Å²) in [5.74, 6) is 2.55. The standard InChI is InChI=1S/C16H18N4O3/c1-11(20-7-6-17-10-20)16-18-15(19-23-16)9-12-4-5-13(21-2)14(8-12)22-3/h4-8,10-11H,9H2,1-3H3. The van der Waals surface area contributed by atoms with Gasteiger partial charge >= 0.3 is 0 Å². The van der Waals surface area contributed by atoms with Crippen molar-refractivity contribution < 1.29 is 14.0 Å². The van der Waals surface area contributed by atoms with Crippen LogP contribution in [0.15, 0.2) is 41.4 Å². The molecule has 2 aromatic heterocycles. The second kappa shape index (κ2) is 6.51. The predicted octanol–water partition coefficient (Wildman–Crippen LogP) is 2.48. The van der Waals surface area contributed by atoms with Crippen molar-refractivity contribution in [2.24, 2.45) is 0 Å². The van der Waals surface area contributed by atoms with Gasteiger partial charge in [0, 0.05) is 18.8 Å². The Morgan fingerprint density at radius 1 is 1.22 bits per heavy atom. The van der Waals surface area contributed by atoms with Crippen molar-refractivity contribution in [1.29, 1.82) is 0 Å². The molecule has 0 aliphatic carbocycles. The van der Waals surface area contributed by atoms with Crippen LogP contribution in [0.2, 0.25) is 0 Å². The molecule has 0 aliphatic heterocycles. The molecule has 0 saturated carbocycles. The minimum atomic E-state index is -0.0517. The zero-order valence-corrected chi connectivity index (χ0v) is 13.3. The summed E-state index contributed by atoms with van der Waals surface area (Å²) in [4.78, 5) is 8.49. The number of methoxy groups -OCH3 is 2. The van der Waals surface area contributed by atoms with Gasteiger partial charge in [-0.1, -0.05) is 11.2 Å². The first-order chi connectivity index (χ1) is 11.2. The minimum Gasteiger partial charge on any atom is -0.493 e. The second-order valence-electron chi connectivity index (χ2n) is 5.10. The van der Waals surface area contributed by atoms with Crippen LogP contribution in [-0.2, 0) is 6.42 Å². The molecule has 0 saturated heterocycles. The van der Waals surface area contributed by atoms with E-state index in [0.717, 1.165) is 5.56 Å². The van der Waals surface area contributed by atoms with Crippen LogP contribution in [0.5, 0.6) is 11.5 Å². The van der Waals surface area contributed by atoms with Gasteiger partial charge in [-0.3, -0.25) is 0 Å². The monoisotopic (exact) mass is 314 g/mol. The van der Waals surface area contributed by atoms with Crippen LogP contribution in [0, 0.1) is 0 Å². The van der Waals surface area contributed by atoms with Crippen LogP contribution in [-0.4, -0.2) is 33.9 Å². The average molecular weight is 314 g/mol. The fourth-order valence-electron chi connectivity index (χ4n) is 2.31. The van der Waals surface area contributed by atoms with Crippen molar-refractivity contribution in [2.75, 3.05) is 14.2 Å². The van der Waals surface area contributed by atoms with Crippen molar-refractivity contribution in [1.82, 2.24) is 19.7 Å². The Morgan fingerprint density at radius 2 is 2.04 bits per heavy atom. The van der Waals surface area contributed by atoms with Gasteiger partial charge in [0.25, 0.3) is 0 Å². The normalized spacial score (nSPS) is 12.1. The van der Waals surface area contributed by atoms with E-state index in [4.69, 9.17) is 14.0 Å². The van der Waals surface area contributed by atoms with Gasteiger partial charge in [-0.25, -0.2) is 4.98 Å². The fourth-order valence-corrected chi connectivity index (χ4v) is 2.31. The van der Waals surface area contributed by atoms with E-state index in [1.54, 1.807) is 26.7 Å². The summed E-state index contributed by atoms with van der Waals surface area (Å²) in [6, 6.07) is 5.68. The molecule has 0 N–H and O–H groups in total. The second-order valence-corrected chi connectivity index (χ2v) is 5.10. The minimum absolute atomic E-state index is 0.0517. The highest BCUT2D eigenvalue weighted by Gasteiger charge is 2.16. The highest BCUT2D eigenvalue weighted by molar-refractivity contribution is 5.43. The van der Waals surface area contributed by atoms with Crippen molar-refractivity contribution in [3.05, 3.63) is 54.2 Å². The Hall–Kier alpha value is -2.83. The summed E-state index contributed by atoms with van der Waals surface area (Å²) in [7, 11) is 3.22. The summed E-state index contributed by atoms with van der Waals surface area (Å²) in [5.41, 5.74) is 1.02. The van der Waals surface area contributed by atoms with E-state index < -0.39 is 0 Å². The van der Waals surface area contributed by atoms with Crippen LogP contribution >= 0.6 is 0 Å². The Balaban J connectivity index is 1.76. The quantitative estimate of drug-likeness (QED) is 0.696. The molecule has 1 aromatic carbocycles. The largest absolute Gasteiger partial charge is 0.493 e. The van der Waals surface area contributed by atoms with Gasteiger partial charge in [-0.05, 0) is 24.6 Å². The highest BCUT2D eigenvalue weighted by Crippen LogP contribution is 2.28. The van der Waals surface area contributed by atoms with Gasteiger partial charge in [0.1, 0.15) is 6.04 Å². The Labute approximate surface area is 133 Å². The summed E-state index contributed by atoms with van der Waals surface area (Å²) in [5, 5.41) is 4.05. The van der Waals surface area contributed by atoms with E-state index in [0.29, 0.717) is 29.6 Å². The molecular weight excluding hydrogens is 296 g/mol. The summed E-state index contributed by atoms with van der Waals surface area (Å²) in [6.07, 6.45) is 5.86. The first-order valence-electron chi connectivity index (χ1n) is 7.22. The SMILES string of the molecule is COc1ccc(Cc2noc(C(C)n3ccnc3)n2)cc1OC. The van der Waals surface area contributed by atoms with E-state index in [1.165, 1.54) is 0 Å². The molecule has 7 heteroatoms. The van der Waals surface area contributed by atoms with Crippen LogP contribution in [0.3, 0.4) is 0 Å². The Kier molecular flexibility index (Phi) is 4.27. The molecule has 0 fully saturated rings. The van der Waals surface area contributed by atoms with Crippen LogP contribution in [0.25, 0.3) is 0 Å². The number of hydrogen-bond acceptors (Lipinski definition) is 6. The number of aromatic nitrogens is 4. The van der Waals surface area contributed by atoms with Crippen LogP contribution < -0.4 is 9.47 Å². The number of imidazole rings is 1. The topological polar surface area (TPSA) is 75.2 Å². The van der Waals surface area contributed by atoms with E-state index >= 15 is 0 Å². The maximum Gasteiger partial charge on any atom is 0.249 e. The number of ether oxygens (including phenoxy) is 2. The van der Waals surface area contributed by atoms with Crippen LogP contribution in [0.4, 0.5) is 0 Å². The van der Waals surface area contributed by atoms with Gasteiger partial charge in [-0.15, -0.1) is 0 Å². The van der Waals surface area contributed by atoms with Crippen molar-refractivity contribution in [2.45, 2.75) is 19.4 Å². The van der Waals surface area contributed by atoms with E-state index in [1.807, 2.05) is 35.9 Å².